The number of ether oxygens (including phenoxy) is 1. The first-order chi connectivity index (χ1) is 11.7. The number of carbonyl (C=O) groups is 1. The number of hydrogen-bond acceptors (Lipinski definition) is 6. The van der Waals surface area contributed by atoms with Crippen LogP contribution < -0.4 is 4.74 Å². The Morgan fingerprint density at radius 3 is 3.04 bits per heavy atom. The molecule has 0 radical (unpaired) electrons. The minimum Gasteiger partial charge on any atom is -0.472 e. The quantitative estimate of drug-likeness (QED) is 0.670. The van der Waals surface area contributed by atoms with Gasteiger partial charge in [-0.05, 0) is 46.3 Å². The molecule has 1 aliphatic heterocycles. The molecule has 3 aromatic rings. The van der Waals surface area contributed by atoms with E-state index in [2.05, 4.69) is 29.7 Å². The lowest BCUT2D eigenvalue weighted by Crippen LogP contribution is -2.31. The van der Waals surface area contributed by atoms with E-state index < -0.39 is 0 Å². The number of fused-ring (bicyclic) bond motifs is 1. The molecule has 0 saturated carbocycles. The van der Waals surface area contributed by atoms with Gasteiger partial charge in [0.05, 0.1) is 22.7 Å². The number of hydrogen-bond donors (Lipinski definition) is 0. The van der Waals surface area contributed by atoms with Gasteiger partial charge in [-0.1, -0.05) is 0 Å². The molecule has 1 atom stereocenters. The number of rotatable bonds is 3. The molecule has 1 fully saturated rings. The molecule has 8 heteroatoms. The van der Waals surface area contributed by atoms with E-state index in [1.165, 1.54) is 0 Å². The Hall–Kier alpha value is -2.06. The molecule has 0 N–H and O–H groups in total. The summed E-state index contributed by atoms with van der Waals surface area (Å²) in [7, 11) is 0. The molecule has 0 aliphatic carbocycles. The number of carbonyl (C=O) groups excluding carboxylic acids is 1. The molecule has 2 aromatic heterocycles. The molecule has 3 heterocycles. The van der Waals surface area contributed by atoms with E-state index in [9.17, 15) is 4.79 Å². The summed E-state index contributed by atoms with van der Waals surface area (Å²) in [5, 5.41) is 0. The second-order valence-electron chi connectivity index (χ2n) is 5.54. The molecule has 1 aliphatic rings. The zero-order valence-electron chi connectivity index (χ0n) is 12.6. The molecule has 0 bridgehead atoms. The van der Waals surface area contributed by atoms with Crippen molar-refractivity contribution in [3.63, 3.8) is 0 Å². The highest BCUT2D eigenvalue weighted by molar-refractivity contribution is 9.10. The van der Waals surface area contributed by atoms with Crippen LogP contribution >= 0.6 is 27.7 Å². The Morgan fingerprint density at radius 2 is 2.17 bits per heavy atom. The smallest absolute Gasteiger partial charge is 0.254 e. The van der Waals surface area contributed by atoms with Gasteiger partial charge >= 0.3 is 0 Å². The van der Waals surface area contributed by atoms with Crippen molar-refractivity contribution in [1.82, 2.24) is 18.6 Å². The van der Waals surface area contributed by atoms with Crippen molar-refractivity contribution < 1.29 is 9.53 Å². The lowest BCUT2D eigenvalue weighted by Gasteiger charge is -2.17. The van der Waals surface area contributed by atoms with Gasteiger partial charge in [-0.15, -0.1) is 0 Å². The van der Waals surface area contributed by atoms with Crippen LogP contribution in [0.15, 0.2) is 41.0 Å². The highest BCUT2D eigenvalue weighted by Gasteiger charge is 2.29. The molecule has 4 rings (SSSR count). The van der Waals surface area contributed by atoms with Gasteiger partial charge < -0.3 is 9.64 Å². The first-order valence-electron chi connectivity index (χ1n) is 7.49. The van der Waals surface area contributed by atoms with E-state index in [1.54, 1.807) is 18.3 Å². The molecule has 24 heavy (non-hydrogen) atoms. The summed E-state index contributed by atoms with van der Waals surface area (Å²) in [6.45, 7) is 1.22. The van der Waals surface area contributed by atoms with E-state index in [-0.39, 0.29) is 12.0 Å². The van der Waals surface area contributed by atoms with Crippen molar-refractivity contribution in [2.75, 3.05) is 13.1 Å². The van der Waals surface area contributed by atoms with E-state index in [4.69, 9.17) is 4.74 Å². The zero-order valence-corrected chi connectivity index (χ0v) is 15.0. The number of pyridine rings is 1. The fraction of sp³-hybridized carbons (Fsp3) is 0.250. The number of aromatic nitrogens is 3. The predicted octanol–water partition coefficient (Wildman–Crippen LogP) is 3.14. The van der Waals surface area contributed by atoms with Gasteiger partial charge in [-0.25, -0.2) is 4.98 Å². The SMILES string of the molecule is O=C(c1ccc2nsnc2c1)N1CCC(Oc2ncccc2Br)C1. The molecule has 0 spiro atoms. The van der Waals surface area contributed by atoms with Crippen LogP contribution in [0.2, 0.25) is 0 Å². The van der Waals surface area contributed by atoms with E-state index in [0.717, 1.165) is 33.7 Å². The summed E-state index contributed by atoms with van der Waals surface area (Å²) in [6, 6.07) is 9.16. The lowest BCUT2D eigenvalue weighted by molar-refractivity contribution is 0.0771. The fourth-order valence-electron chi connectivity index (χ4n) is 2.72. The van der Waals surface area contributed by atoms with Crippen molar-refractivity contribution in [3.8, 4) is 5.88 Å². The third-order valence-corrected chi connectivity index (χ3v) is 5.10. The maximum absolute atomic E-state index is 12.7. The number of nitrogens with zero attached hydrogens (tertiary/aromatic N) is 4. The van der Waals surface area contributed by atoms with Crippen LogP contribution in [0.3, 0.4) is 0 Å². The molecular formula is C16H13BrN4O2S. The number of halogens is 1. The Morgan fingerprint density at radius 1 is 1.29 bits per heavy atom. The maximum Gasteiger partial charge on any atom is 0.254 e. The molecule has 1 saturated heterocycles. The van der Waals surface area contributed by atoms with Gasteiger partial charge in [0.25, 0.3) is 5.91 Å². The average molecular weight is 405 g/mol. The first-order valence-corrected chi connectivity index (χ1v) is 9.02. The topological polar surface area (TPSA) is 68.2 Å². The Bertz CT molecular complexity index is 900. The number of amides is 1. The molecule has 1 aromatic carbocycles. The number of benzene rings is 1. The largest absolute Gasteiger partial charge is 0.472 e. The minimum atomic E-state index is -0.0511. The third kappa shape index (κ3) is 2.99. The van der Waals surface area contributed by atoms with Crippen LogP contribution in [0, 0.1) is 0 Å². The van der Waals surface area contributed by atoms with E-state index in [1.807, 2.05) is 23.1 Å². The van der Waals surface area contributed by atoms with Crippen molar-refractivity contribution in [1.29, 1.82) is 0 Å². The van der Waals surface area contributed by atoms with E-state index in [0.29, 0.717) is 24.5 Å². The Balaban J connectivity index is 1.46. The van der Waals surface area contributed by atoms with Gasteiger partial charge in [-0.3, -0.25) is 4.79 Å². The van der Waals surface area contributed by atoms with E-state index >= 15 is 0 Å². The fourth-order valence-corrected chi connectivity index (χ4v) is 3.59. The van der Waals surface area contributed by atoms with Gasteiger partial charge in [0.2, 0.25) is 5.88 Å². The summed E-state index contributed by atoms with van der Waals surface area (Å²) >= 11 is 4.58. The summed E-state index contributed by atoms with van der Waals surface area (Å²) < 4.78 is 15.1. The predicted molar refractivity (Wildman–Crippen MR) is 94.3 cm³/mol. The highest BCUT2D eigenvalue weighted by Crippen LogP contribution is 2.25. The van der Waals surface area contributed by atoms with Crippen LogP contribution in [-0.2, 0) is 0 Å². The van der Waals surface area contributed by atoms with Gasteiger partial charge in [0.15, 0.2) is 0 Å². The number of likely N-dealkylation sites (tertiary alicyclic amines) is 1. The normalized spacial score (nSPS) is 17.4. The van der Waals surface area contributed by atoms with Crippen LogP contribution in [0.25, 0.3) is 11.0 Å². The lowest BCUT2D eigenvalue weighted by atomic mass is 10.2. The second kappa shape index (κ2) is 6.45. The monoisotopic (exact) mass is 404 g/mol. The molecule has 6 nitrogen and oxygen atoms in total. The van der Waals surface area contributed by atoms with Crippen LogP contribution in [0.5, 0.6) is 5.88 Å². The summed E-state index contributed by atoms with van der Waals surface area (Å²) in [4.78, 5) is 18.7. The van der Waals surface area contributed by atoms with Gasteiger partial charge in [0.1, 0.15) is 17.1 Å². The summed E-state index contributed by atoms with van der Waals surface area (Å²) in [6.07, 6.45) is 2.43. The molecule has 1 amide bonds. The zero-order chi connectivity index (χ0) is 16.5. The van der Waals surface area contributed by atoms with Gasteiger partial charge in [0, 0.05) is 24.7 Å². The van der Waals surface area contributed by atoms with Crippen LogP contribution in [0.1, 0.15) is 16.8 Å². The average Bonchev–Trinajstić information content (AvgIpc) is 3.24. The summed E-state index contributed by atoms with van der Waals surface area (Å²) in [5.74, 6) is 0.558. The first kappa shape index (κ1) is 15.5. The minimum absolute atomic E-state index is 0.00362. The second-order valence-corrected chi connectivity index (χ2v) is 6.92. The van der Waals surface area contributed by atoms with Crippen molar-refractivity contribution in [2.45, 2.75) is 12.5 Å². The third-order valence-electron chi connectivity index (χ3n) is 3.94. The standard InChI is InChI=1S/C16H13BrN4O2S/c17-12-2-1-6-18-15(12)23-11-5-7-21(9-11)16(22)10-3-4-13-14(8-10)20-24-19-13/h1-4,6,8,11H,5,7,9H2. The molecule has 122 valence electrons. The molecule has 1 unspecified atom stereocenters. The summed E-state index contributed by atoms with van der Waals surface area (Å²) in [5.41, 5.74) is 2.21. The highest BCUT2D eigenvalue weighted by atomic mass is 79.9. The Labute approximate surface area is 150 Å². The van der Waals surface area contributed by atoms with Crippen LogP contribution in [0.4, 0.5) is 0 Å². The van der Waals surface area contributed by atoms with Crippen LogP contribution in [-0.4, -0.2) is 43.7 Å². The van der Waals surface area contributed by atoms with Crippen molar-refractivity contribution >= 4 is 44.6 Å². The van der Waals surface area contributed by atoms with Crippen molar-refractivity contribution in [3.05, 3.63) is 46.6 Å². The maximum atomic E-state index is 12.7. The molecular weight excluding hydrogens is 392 g/mol. The van der Waals surface area contributed by atoms with Gasteiger partial charge in [-0.2, -0.15) is 8.75 Å². The Kier molecular flexibility index (Phi) is 4.15. The van der Waals surface area contributed by atoms with Crippen molar-refractivity contribution in [2.24, 2.45) is 0 Å².